The van der Waals surface area contributed by atoms with Gasteiger partial charge in [0, 0.05) is 12.3 Å². The lowest BCUT2D eigenvalue weighted by Gasteiger charge is -2.23. The molecule has 1 aliphatic rings. The fraction of sp³-hybridized carbons (Fsp3) is 0.500. The van der Waals surface area contributed by atoms with E-state index in [1.807, 2.05) is 24.3 Å². The molecule has 1 aromatic rings. The largest absolute Gasteiger partial charge is 0.330 e. The van der Waals surface area contributed by atoms with Gasteiger partial charge in [-0.2, -0.15) is 0 Å². The van der Waals surface area contributed by atoms with Gasteiger partial charge in [-0.1, -0.05) is 24.3 Å². The molecule has 1 atom stereocenters. The molecular weight excluding hydrogens is 196 g/mol. The summed E-state index contributed by atoms with van der Waals surface area (Å²) in [6.07, 6.45) is 1.10. The molecule has 0 aliphatic heterocycles. The average Bonchev–Trinajstić information content (AvgIpc) is 2.61. The third-order valence-corrected chi connectivity index (χ3v) is 3.12. The van der Waals surface area contributed by atoms with Crippen LogP contribution in [0.15, 0.2) is 24.3 Å². The van der Waals surface area contributed by atoms with Gasteiger partial charge in [-0.05, 0) is 30.5 Å². The molecule has 2 N–H and O–H groups in total. The van der Waals surface area contributed by atoms with Crippen LogP contribution in [0.2, 0.25) is 0 Å². The van der Waals surface area contributed by atoms with Crippen molar-refractivity contribution in [2.24, 2.45) is 5.73 Å². The van der Waals surface area contributed by atoms with Gasteiger partial charge in [0.15, 0.2) is 0 Å². The minimum Gasteiger partial charge on any atom is -0.330 e. The molecule has 3 heteroatoms. The summed E-state index contributed by atoms with van der Waals surface area (Å²) in [5, 5.41) is 0. The maximum Gasteiger partial charge on any atom is 0.256 e. The van der Waals surface area contributed by atoms with Crippen molar-refractivity contribution >= 4 is 0 Å². The lowest BCUT2D eigenvalue weighted by atomic mass is 9.92. The Balaban J connectivity index is 2.27. The molecular formula is C12H15F2N. The number of alkyl halides is 2. The third kappa shape index (κ3) is 1.88. The first-order chi connectivity index (χ1) is 7.15. The monoisotopic (exact) mass is 211 g/mol. The van der Waals surface area contributed by atoms with Crippen molar-refractivity contribution in [2.75, 3.05) is 6.54 Å². The third-order valence-electron chi connectivity index (χ3n) is 3.12. The van der Waals surface area contributed by atoms with Gasteiger partial charge in [0.2, 0.25) is 0 Å². The molecule has 0 radical (unpaired) electrons. The zero-order valence-electron chi connectivity index (χ0n) is 8.55. The number of rotatable bonds is 3. The Hall–Kier alpha value is -0.960. The van der Waals surface area contributed by atoms with Crippen LogP contribution in [0.3, 0.4) is 0 Å². The van der Waals surface area contributed by atoms with Gasteiger partial charge in [-0.25, -0.2) is 8.78 Å². The summed E-state index contributed by atoms with van der Waals surface area (Å²) in [7, 11) is 0. The van der Waals surface area contributed by atoms with E-state index in [1.54, 1.807) is 0 Å². The summed E-state index contributed by atoms with van der Waals surface area (Å²) in [6, 6.07) is 7.49. The van der Waals surface area contributed by atoms with Crippen molar-refractivity contribution < 1.29 is 8.78 Å². The molecule has 0 bridgehead atoms. The van der Waals surface area contributed by atoms with Gasteiger partial charge in [0.25, 0.3) is 5.92 Å². The first-order valence-electron chi connectivity index (χ1n) is 5.31. The maximum absolute atomic E-state index is 13.7. The van der Waals surface area contributed by atoms with E-state index in [2.05, 4.69) is 0 Å². The number of benzene rings is 1. The van der Waals surface area contributed by atoms with Crippen molar-refractivity contribution in [3.8, 4) is 0 Å². The first kappa shape index (κ1) is 10.6. The molecule has 82 valence electrons. The van der Waals surface area contributed by atoms with E-state index < -0.39 is 11.8 Å². The lowest BCUT2D eigenvalue weighted by Crippen LogP contribution is -2.28. The standard InChI is InChI=1S/C12H15F2N/c13-12(14,7-8-15)11-6-5-9-3-1-2-4-10(9)11/h1-4,11H,5-8,15H2. The van der Waals surface area contributed by atoms with Crippen LogP contribution in [0.25, 0.3) is 0 Å². The molecule has 0 saturated carbocycles. The minimum atomic E-state index is -2.65. The molecule has 1 aromatic carbocycles. The number of aryl methyl sites for hydroxylation is 1. The summed E-state index contributed by atoms with van der Waals surface area (Å²) in [5.41, 5.74) is 7.11. The predicted octanol–water partition coefficient (Wildman–Crippen LogP) is 2.70. The highest BCUT2D eigenvalue weighted by atomic mass is 19.3. The van der Waals surface area contributed by atoms with Crippen LogP contribution in [0.4, 0.5) is 8.78 Å². The molecule has 0 aromatic heterocycles. The second-order valence-electron chi connectivity index (χ2n) is 4.09. The summed E-state index contributed by atoms with van der Waals surface area (Å²) in [6.45, 7) is 0.0473. The van der Waals surface area contributed by atoms with Crippen LogP contribution in [0, 0.1) is 0 Å². The lowest BCUT2D eigenvalue weighted by molar-refractivity contribution is -0.0328. The fourth-order valence-corrected chi connectivity index (χ4v) is 2.36. The van der Waals surface area contributed by atoms with E-state index in [4.69, 9.17) is 5.73 Å². The van der Waals surface area contributed by atoms with Crippen molar-refractivity contribution in [1.29, 1.82) is 0 Å². The van der Waals surface area contributed by atoms with E-state index >= 15 is 0 Å². The van der Waals surface area contributed by atoms with E-state index in [0.717, 1.165) is 17.5 Å². The van der Waals surface area contributed by atoms with Crippen LogP contribution in [0.5, 0.6) is 0 Å². The van der Waals surface area contributed by atoms with Crippen molar-refractivity contribution in [1.82, 2.24) is 0 Å². The van der Waals surface area contributed by atoms with Crippen LogP contribution >= 0.6 is 0 Å². The van der Waals surface area contributed by atoms with E-state index in [9.17, 15) is 8.78 Å². The highest BCUT2D eigenvalue weighted by Gasteiger charge is 2.42. The first-order valence-corrected chi connectivity index (χ1v) is 5.31. The van der Waals surface area contributed by atoms with Gasteiger partial charge in [-0.3, -0.25) is 0 Å². The SMILES string of the molecule is NCCC(F)(F)C1CCc2ccccc21. The molecule has 1 unspecified atom stereocenters. The van der Waals surface area contributed by atoms with Gasteiger partial charge in [0.05, 0.1) is 0 Å². The molecule has 0 heterocycles. The highest BCUT2D eigenvalue weighted by Crippen LogP contribution is 2.44. The molecule has 0 amide bonds. The normalized spacial score (nSPS) is 20.3. The number of fused-ring (bicyclic) bond motifs is 1. The Kier molecular flexibility index (Phi) is 2.74. The maximum atomic E-state index is 13.7. The van der Waals surface area contributed by atoms with Gasteiger partial charge >= 0.3 is 0 Å². The number of hydrogen-bond acceptors (Lipinski definition) is 1. The van der Waals surface area contributed by atoms with Gasteiger partial charge in [-0.15, -0.1) is 0 Å². The zero-order chi connectivity index (χ0) is 10.9. The number of nitrogens with two attached hydrogens (primary N) is 1. The smallest absolute Gasteiger partial charge is 0.256 e. The van der Waals surface area contributed by atoms with Gasteiger partial charge in [0.1, 0.15) is 0 Å². The zero-order valence-corrected chi connectivity index (χ0v) is 8.55. The summed E-state index contributed by atoms with van der Waals surface area (Å²) >= 11 is 0. The summed E-state index contributed by atoms with van der Waals surface area (Å²) < 4.78 is 27.5. The Labute approximate surface area is 88.3 Å². The van der Waals surface area contributed by atoms with Crippen LogP contribution in [-0.4, -0.2) is 12.5 Å². The van der Waals surface area contributed by atoms with E-state index in [-0.39, 0.29) is 13.0 Å². The van der Waals surface area contributed by atoms with E-state index in [1.165, 1.54) is 0 Å². The Morgan fingerprint density at radius 3 is 2.80 bits per heavy atom. The van der Waals surface area contributed by atoms with Crippen LogP contribution in [0.1, 0.15) is 29.9 Å². The molecule has 1 nitrogen and oxygen atoms in total. The second kappa shape index (κ2) is 3.89. The Morgan fingerprint density at radius 1 is 1.33 bits per heavy atom. The Bertz CT molecular complexity index is 349. The molecule has 1 aliphatic carbocycles. The Morgan fingerprint density at radius 2 is 2.07 bits per heavy atom. The van der Waals surface area contributed by atoms with Crippen molar-refractivity contribution in [3.05, 3.63) is 35.4 Å². The number of halogens is 2. The molecule has 0 spiro atoms. The van der Waals surface area contributed by atoms with Gasteiger partial charge < -0.3 is 5.73 Å². The highest BCUT2D eigenvalue weighted by molar-refractivity contribution is 5.36. The average molecular weight is 211 g/mol. The van der Waals surface area contributed by atoms with Crippen LogP contribution < -0.4 is 5.73 Å². The second-order valence-corrected chi connectivity index (χ2v) is 4.09. The predicted molar refractivity (Wildman–Crippen MR) is 56.1 cm³/mol. The van der Waals surface area contributed by atoms with Crippen LogP contribution in [-0.2, 0) is 6.42 Å². The topological polar surface area (TPSA) is 26.0 Å². The van der Waals surface area contributed by atoms with Crippen molar-refractivity contribution in [3.63, 3.8) is 0 Å². The molecule has 15 heavy (non-hydrogen) atoms. The summed E-state index contributed by atoms with van der Waals surface area (Å²) in [4.78, 5) is 0. The fourth-order valence-electron chi connectivity index (χ4n) is 2.36. The molecule has 0 saturated heterocycles. The van der Waals surface area contributed by atoms with E-state index in [0.29, 0.717) is 6.42 Å². The summed E-state index contributed by atoms with van der Waals surface area (Å²) in [5.74, 6) is -3.28. The number of hydrogen-bond donors (Lipinski definition) is 1. The molecule has 2 rings (SSSR count). The minimum absolute atomic E-state index is 0.0473. The molecule has 0 fully saturated rings. The quantitative estimate of drug-likeness (QED) is 0.817. The van der Waals surface area contributed by atoms with Crippen molar-refractivity contribution in [2.45, 2.75) is 31.1 Å².